The van der Waals surface area contributed by atoms with Crippen molar-refractivity contribution < 1.29 is 13.9 Å². The number of hydrogen-bond acceptors (Lipinski definition) is 4. The maximum Gasteiger partial charge on any atom is 0.234 e. The lowest BCUT2D eigenvalue weighted by Gasteiger charge is -2.34. The van der Waals surface area contributed by atoms with Gasteiger partial charge in [-0.3, -0.25) is 14.6 Å². The van der Waals surface area contributed by atoms with Crippen molar-refractivity contribution >= 4 is 17.5 Å². The van der Waals surface area contributed by atoms with Crippen LogP contribution < -0.4 is 10.1 Å². The van der Waals surface area contributed by atoms with Crippen LogP contribution in [0.5, 0.6) is 5.75 Å². The van der Waals surface area contributed by atoms with E-state index in [2.05, 4.69) is 15.1 Å². The van der Waals surface area contributed by atoms with Gasteiger partial charge in [-0.1, -0.05) is 23.7 Å². The van der Waals surface area contributed by atoms with E-state index in [0.29, 0.717) is 23.9 Å². The topological polar surface area (TPSA) is 44.8 Å². The quantitative estimate of drug-likeness (QED) is 0.746. The van der Waals surface area contributed by atoms with Gasteiger partial charge in [0.15, 0.2) is 0 Å². The highest BCUT2D eigenvalue weighted by atomic mass is 35.5. The molecule has 0 aromatic heterocycles. The van der Waals surface area contributed by atoms with Crippen molar-refractivity contribution in [1.29, 1.82) is 0 Å². The number of methoxy groups -OCH3 is 1. The molecule has 1 atom stereocenters. The molecule has 5 nitrogen and oxygen atoms in total. The lowest BCUT2D eigenvalue weighted by molar-refractivity contribution is -0.123. The Bertz CT molecular complexity index is 823. The number of benzene rings is 2. The molecule has 3 rings (SSSR count). The molecule has 0 bridgehead atoms. The second-order valence-corrected chi connectivity index (χ2v) is 7.79. The molecule has 1 N–H and O–H groups in total. The van der Waals surface area contributed by atoms with Crippen molar-refractivity contribution in [3.05, 3.63) is 64.4 Å². The third-order valence-corrected chi connectivity index (χ3v) is 5.47. The Morgan fingerprint density at radius 1 is 1.14 bits per heavy atom. The van der Waals surface area contributed by atoms with Gasteiger partial charge in [0.2, 0.25) is 5.91 Å². The molecule has 1 unspecified atom stereocenters. The summed E-state index contributed by atoms with van der Waals surface area (Å²) < 4.78 is 18.9. The highest BCUT2D eigenvalue weighted by Gasteiger charge is 2.21. The van der Waals surface area contributed by atoms with Gasteiger partial charge in [-0.15, -0.1) is 0 Å². The van der Waals surface area contributed by atoms with Gasteiger partial charge in [-0.2, -0.15) is 0 Å². The molecule has 2 aromatic carbocycles. The van der Waals surface area contributed by atoms with Crippen molar-refractivity contribution in [3.63, 3.8) is 0 Å². The molecular formula is C22H27ClFN3O2. The molecule has 0 radical (unpaired) electrons. The van der Waals surface area contributed by atoms with Gasteiger partial charge < -0.3 is 10.1 Å². The molecule has 1 heterocycles. The first-order valence-electron chi connectivity index (χ1n) is 9.76. The van der Waals surface area contributed by atoms with Crippen LogP contribution in [0.4, 0.5) is 4.39 Å². The number of nitrogens with zero attached hydrogens (tertiary/aromatic N) is 2. The number of carbonyl (C=O) groups is 1. The molecule has 156 valence electrons. The number of halogens is 2. The monoisotopic (exact) mass is 419 g/mol. The second-order valence-electron chi connectivity index (χ2n) is 7.35. The first-order chi connectivity index (χ1) is 13.9. The molecular weight excluding hydrogens is 393 g/mol. The van der Waals surface area contributed by atoms with E-state index in [1.807, 2.05) is 31.2 Å². The third kappa shape index (κ3) is 6.16. The van der Waals surface area contributed by atoms with Crippen LogP contribution in [-0.2, 0) is 11.3 Å². The minimum atomic E-state index is -0.258. The summed E-state index contributed by atoms with van der Waals surface area (Å²) in [7, 11) is 1.60. The van der Waals surface area contributed by atoms with Crippen molar-refractivity contribution in [3.8, 4) is 5.75 Å². The minimum absolute atomic E-state index is 0.00713. The highest BCUT2D eigenvalue weighted by Crippen LogP contribution is 2.22. The number of ether oxygens (including phenoxy) is 1. The second kappa shape index (κ2) is 10.1. The van der Waals surface area contributed by atoms with E-state index in [0.717, 1.165) is 37.3 Å². The molecule has 1 aliphatic heterocycles. The number of rotatable bonds is 7. The van der Waals surface area contributed by atoms with Crippen LogP contribution in [0.25, 0.3) is 0 Å². The smallest absolute Gasteiger partial charge is 0.234 e. The van der Waals surface area contributed by atoms with Gasteiger partial charge in [0.05, 0.1) is 19.7 Å². The van der Waals surface area contributed by atoms with Crippen LogP contribution in [0.2, 0.25) is 5.02 Å². The van der Waals surface area contributed by atoms with E-state index >= 15 is 0 Å². The van der Waals surface area contributed by atoms with Crippen LogP contribution in [0.1, 0.15) is 24.1 Å². The predicted molar refractivity (Wildman–Crippen MR) is 113 cm³/mol. The Balaban J connectivity index is 1.45. The van der Waals surface area contributed by atoms with Gasteiger partial charge >= 0.3 is 0 Å². The zero-order chi connectivity index (χ0) is 20.8. The Labute approximate surface area is 176 Å². The van der Waals surface area contributed by atoms with Crippen LogP contribution in [-0.4, -0.2) is 55.5 Å². The summed E-state index contributed by atoms with van der Waals surface area (Å²) in [4.78, 5) is 16.8. The Morgan fingerprint density at radius 2 is 1.79 bits per heavy atom. The molecule has 2 aromatic rings. The zero-order valence-electron chi connectivity index (χ0n) is 16.8. The van der Waals surface area contributed by atoms with Gasteiger partial charge in [0.1, 0.15) is 11.6 Å². The van der Waals surface area contributed by atoms with Crippen LogP contribution in [0.15, 0.2) is 42.5 Å². The zero-order valence-corrected chi connectivity index (χ0v) is 17.6. The van der Waals surface area contributed by atoms with E-state index < -0.39 is 0 Å². The Morgan fingerprint density at radius 3 is 2.45 bits per heavy atom. The number of amides is 1. The predicted octanol–water partition coefficient (Wildman–Crippen LogP) is 3.48. The first kappa shape index (κ1) is 21.6. The fraction of sp³-hybridized carbons (Fsp3) is 0.409. The van der Waals surface area contributed by atoms with E-state index in [1.165, 1.54) is 12.1 Å². The lowest BCUT2D eigenvalue weighted by atomic mass is 10.1. The summed E-state index contributed by atoms with van der Waals surface area (Å²) in [6.07, 6.45) is 0. The van der Waals surface area contributed by atoms with E-state index in [4.69, 9.17) is 16.3 Å². The van der Waals surface area contributed by atoms with Crippen molar-refractivity contribution in [1.82, 2.24) is 15.1 Å². The van der Waals surface area contributed by atoms with E-state index in [9.17, 15) is 9.18 Å². The molecule has 0 spiro atoms. The number of piperazine rings is 1. The number of carbonyl (C=O) groups excluding carboxylic acids is 1. The summed E-state index contributed by atoms with van der Waals surface area (Å²) in [5.74, 6) is 0.447. The van der Waals surface area contributed by atoms with Crippen molar-refractivity contribution in [2.45, 2.75) is 19.5 Å². The number of nitrogens with one attached hydrogen (secondary N) is 1. The van der Waals surface area contributed by atoms with Gasteiger partial charge in [-0.05, 0) is 42.8 Å². The normalized spacial score (nSPS) is 16.4. The minimum Gasteiger partial charge on any atom is -0.496 e. The standard InChI is InChI=1S/C22H27ClFN3O2/c1-16(17-3-5-19(23)6-4-17)25-22(28)15-27-11-9-26(10-12-27)14-18-13-20(24)7-8-21(18)29-2/h3-8,13,16H,9-12,14-15H2,1-2H3,(H,25,28). The Hall–Kier alpha value is -2.15. The van der Waals surface area contributed by atoms with E-state index in [-0.39, 0.29) is 17.8 Å². The van der Waals surface area contributed by atoms with Crippen molar-refractivity contribution in [2.24, 2.45) is 0 Å². The number of hydrogen-bond donors (Lipinski definition) is 1. The van der Waals surface area contributed by atoms with Gasteiger partial charge in [-0.25, -0.2) is 4.39 Å². The van der Waals surface area contributed by atoms with Crippen LogP contribution in [0.3, 0.4) is 0 Å². The maximum atomic E-state index is 13.6. The summed E-state index contributed by atoms with van der Waals surface area (Å²) in [5.41, 5.74) is 1.87. The summed E-state index contributed by atoms with van der Waals surface area (Å²) >= 11 is 5.91. The Kier molecular flexibility index (Phi) is 7.47. The summed E-state index contributed by atoms with van der Waals surface area (Å²) in [5, 5.41) is 3.72. The molecule has 7 heteroatoms. The fourth-order valence-electron chi connectivity index (χ4n) is 3.54. The average molecular weight is 420 g/mol. The molecule has 0 saturated carbocycles. The van der Waals surface area contributed by atoms with Crippen LogP contribution >= 0.6 is 11.6 Å². The largest absolute Gasteiger partial charge is 0.496 e. The van der Waals surface area contributed by atoms with Crippen molar-refractivity contribution in [2.75, 3.05) is 39.8 Å². The fourth-order valence-corrected chi connectivity index (χ4v) is 3.67. The maximum absolute atomic E-state index is 13.6. The third-order valence-electron chi connectivity index (χ3n) is 5.22. The average Bonchev–Trinajstić information content (AvgIpc) is 2.70. The molecule has 1 fully saturated rings. The molecule has 1 amide bonds. The summed E-state index contributed by atoms with van der Waals surface area (Å²) in [6, 6.07) is 12.0. The molecule has 29 heavy (non-hydrogen) atoms. The molecule has 1 aliphatic rings. The van der Waals surface area contributed by atoms with Gasteiger partial charge in [0, 0.05) is 43.3 Å². The summed E-state index contributed by atoms with van der Waals surface area (Å²) in [6.45, 7) is 6.19. The lowest BCUT2D eigenvalue weighted by Crippen LogP contribution is -2.49. The van der Waals surface area contributed by atoms with Gasteiger partial charge in [0.25, 0.3) is 0 Å². The highest BCUT2D eigenvalue weighted by molar-refractivity contribution is 6.30. The molecule has 1 saturated heterocycles. The van der Waals surface area contributed by atoms with E-state index in [1.54, 1.807) is 13.2 Å². The molecule has 0 aliphatic carbocycles. The SMILES string of the molecule is COc1ccc(F)cc1CN1CCN(CC(=O)NC(C)c2ccc(Cl)cc2)CC1. The van der Waals surface area contributed by atoms with Crippen LogP contribution in [0, 0.1) is 5.82 Å². The first-order valence-corrected chi connectivity index (χ1v) is 10.1.